The molecule has 4 nitrogen and oxygen atoms in total. The minimum atomic E-state index is -0.308. The topological polar surface area (TPSA) is 39.7 Å². The van der Waals surface area contributed by atoms with E-state index in [0.717, 1.165) is 50.4 Å². The molecular formula is C19H28ClFN4. The third-order valence-corrected chi connectivity index (χ3v) is 4.70. The summed E-state index contributed by atoms with van der Waals surface area (Å²) in [7, 11) is 1.77. The van der Waals surface area contributed by atoms with Gasteiger partial charge >= 0.3 is 0 Å². The monoisotopic (exact) mass is 366 g/mol. The third kappa shape index (κ3) is 6.67. The Hall–Kier alpha value is -1.59. The van der Waals surface area contributed by atoms with Crippen molar-refractivity contribution in [1.82, 2.24) is 15.5 Å². The molecule has 0 unspecified atom stereocenters. The van der Waals surface area contributed by atoms with Crippen LogP contribution in [0.5, 0.6) is 0 Å². The molecule has 0 amide bonds. The van der Waals surface area contributed by atoms with Crippen LogP contribution in [0.25, 0.3) is 0 Å². The predicted octanol–water partition coefficient (Wildman–Crippen LogP) is 3.23. The van der Waals surface area contributed by atoms with Crippen LogP contribution in [0.3, 0.4) is 0 Å². The molecule has 0 saturated carbocycles. The van der Waals surface area contributed by atoms with Gasteiger partial charge in [0.25, 0.3) is 0 Å². The molecule has 0 spiro atoms. The second-order valence-electron chi connectivity index (χ2n) is 6.64. The standard InChI is InChI=1S/C19H28ClFN4/c1-14(2)13-25-10-7-17(8-11-25)24-19(22-3)23-9-6-15-4-5-16(21)12-18(15)20/h4-5,12,17H,1,6-11,13H2,2-3H3,(H2,22,23,24). The van der Waals surface area contributed by atoms with Gasteiger partial charge < -0.3 is 10.6 Å². The third-order valence-electron chi connectivity index (χ3n) is 4.35. The van der Waals surface area contributed by atoms with Crippen molar-refractivity contribution in [1.29, 1.82) is 0 Å². The lowest BCUT2D eigenvalue weighted by Crippen LogP contribution is -2.49. The highest BCUT2D eigenvalue weighted by atomic mass is 35.5. The number of hydrogen-bond donors (Lipinski definition) is 2. The van der Waals surface area contributed by atoms with Gasteiger partial charge in [-0.2, -0.15) is 0 Å². The SMILES string of the molecule is C=C(C)CN1CCC(NC(=NC)NCCc2ccc(F)cc2Cl)CC1. The molecule has 1 heterocycles. The Morgan fingerprint density at radius 2 is 2.12 bits per heavy atom. The van der Waals surface area contributed by atoms with Crippen LogP contribution in [0.2, 0.25) is 5.02 Å². The van der Waals surface area contributed by atoms with E-state index in [9.17, 15) is 4.39 Å². The van der Waals surface area contributed by atoms with Gasteiger partial charge in [0.15, 0.2) is 5.96 Å². The molecule has 1 aromatic rings. The number of likely N-dealkylation sites (tertiary alicyclic amines) is 1. The zero-order valence-corrected chi connectivity index (χ0v) is 15.9. The molecule has 1 aromatic carbocycles. The van der Waals surface area contributed by atoms with Gasteiger partial charge in [-0.1, -0.05) is 29.8 Å². The summed E-state index contributed by atoms with van der Waals surface area (Å²) in [5.41, 5.74) is 2.14. The molecule has 1 fully saturated rings. The summed E-state index contributed by atoms with van der Waals surface area (Å²) in [6.07, 6.45) is 2.91. The molecule has 2 rings (SSSR count). The number of guanidine groups is 1. The predicted molar refractivity (Wildman–Crippen MR) is 104 cm³/mol. The van der Waals surface area contributed by atoms with Crippen molar-refractivity contribution in [2.45, 2.75) is 32.2 Å². The molecule has 0 radical (unpaired) electrons. The van der Waals surface area contributed by atoms with Crippen molar-refractivity contribution in [2.75, 3.05) is 33.2 Å². The summed E-state index contributed by atoms with van der Waals surface area (Å²) < 4.78 is 13.1. The van der Waals surface area contributed by atoms with Crippen molar-refractivity contribution in [3.63, 3.8) is 0 Å². The van der Waals surface area contributed by atoms with Crippen molar-refractivity contribution >= 4 is 17.6 Å². The molecule has 1 aliphatic heterocycles. The Morgan fingerprint density at radius 3 is 2.72 bits per heavy atom. The first-order chi connectivity index (χ1) is 12.0. The van der Waals surface area contributed by atoms with Gasteiger partial charge in [-0.15, -0.1) is 0 Å². The second kappa shape index (κ2) is 9.78. The van der Waals surface area contributed by atoms with Crippen LogP contribution in [-0.2, 0) is 6.42 Å². The van der Waals surface area contributed by atoms with Crippen LogP contribution in [-0.4, -0.2) is 50.1 Å². The van der Waals surface area contributed by atoms with Crippen molar-refractivity contribution in [3.05, 3.63) is 46.8 Å². The molecule has 1 aliphatic rings. The number of aliphatic imine (C=N–C) groups is 1. The summed E-state index contributed by atoms with van der Waals surface area (Å²) in [6.45, 7) is 9.89. The molecule has 0 aromatic heterocycles. The quantitative estimate of drug-likeness (QED) is 0.461. The van der Waals surface area contributed by atoms with Gasteiger partial charge in [-0.3, -0.25) is 9.89 Å². The first-order valence-corrected chi connectivity index (χ1v) is 9.13. The molecule has 0 bridgehead atoms. The average Bonchev–Trinajstić information content (AvgIpc) is 2.57. The number of benzene rings is 1. The summed E-state index contributed by atoms with van der Waals surface area (Å²) in [6, 6.07) is 4.95. The van der Waals surface area contributed by atoms with Crippen molar-refractivity contribution in [2.24, 2.45) is 4.99 Å². The molecular weight excluding hydrogens is 339 g/mol. The molecule has 0 atom stereocenters. The Bertz CT molecular complexity index is 609. The van der Waals surface area contributed by atoms with E-state index in [0.29, 0.717) is 17.6 Å². The van der Waals surface area contributed by atoms with E-state index in [1.807, 2.05) is 0 Å². The van der Waals surface area contributed by atoms with Gasteiger partial charge in [0.05, 0.1) is 0 Å². The van der Waals surface area contributed by atoms with Gasteiger partial charge in [0.1, 0.15) is 5.82 Å². The molecule has 0 aliphatic carbocycles. The summed E-state index contributed by atoms with van der Waals surface area (Å²) in [5, 5.41) is 7.26. The number of hydrogen-bond acceptors (Lipinski definition) is 2. The normalized spacial score (nSPS) is 16.7. The lowest BCUT2D eigenvalue weighted by Gasteiger charge is -2.33. The smallest absolute Gasteiger partial charge is 0.191 e. The summed E-state index contributed by atoms with van der Waals surface area (Å²) >= 11 is 6.06. The first kappa shape index (κ1) is 19.7. The maximum atomic E-state index is 13.1. The highest BCUT2D eigenvalue weighted by Crippen LogP contribution is 2.17. The Labute approximate surface area is 155 Å². The minimum Gasteiger partial charge on any atom is -0.356 e. The summed E-state index contributed by atoms with van der Waals surface area (Å²) in [4.78, 5) is 6.73. The molecule has 2 N–H and O–H groups in total. The van der Waals surface area contributed by atoms with E-state index >= 15 is 0 Å². The molecule has 1 saturated heterocycles. The zero-order chi connectivity index (χ0) is 18.2. The highest BCUT2D eigenvalue weighted by Gasteiger charge is 2.19. The number of nitrogens with one attached hydrogen (secondary N) is 2. The zero-order valence-electron chi connectivity index (χ0n) is 15.1. The Morgan fingerprint density at radius 1 is 1.40 bits per heavy atom. The van der Waals surface area contributed by atoms with Crippen LogP contribution in [0.15, 0.2) is 35.3 Å². The van der Waals surface area contributed by atoms with Crippen LogP contribution < -0.4 is 10.6 Å². The Balaban J connectivity index is 1.73. The van der Waals surface area contributed by atoms with E-state index in [-0.39, 0.29) is 5.82 Å². The second-order valence-corrected chi connectivity index (χ2v) is 7.04. The van der Waals surface area contributed by atoms with Crippen molar-refractivity contribution < 1.29 is 4.39 Å². The van der Waals surface area contributed by atoms with Crippen molar-refractivity contribution in [3.8, 4) is 0 Å². The Kier molecular flexibility index (Phi) is 7.72. The van der Waals surface area contributed by atoms with E-state index in [1.54, 1.807) is 13.1 Å². The fourth-order valence-electron chi connectivity index (χ4n) is 3.05. The minimum absolute atomic E-state index is 0.308. The van der Waals surface area contributed by atoms with Crippen LogP contribution >= 0.6 is 11.6 Å². The molecule has 6 heteroatoms. The maximum Gasteiger partial charge on any atom is 0.191 e. The maximum absolute atomic E-state index is 13.1. The van der Waals surface area contributed by atoms with Gasteiger partial charge in [0.2, 0.25) is 0 Å². The van der Waals surface area contributed by atoms with Crippen LogP contribution in [0.4, 0.5) is 4.39 Å². The number of piperidine rings is 1. The van der Waals surface area contributed by atoms with E-state index in [4.69, 9.17) is 11.6 Å². The molecule has 25 heavy (non-hydrogen) atoms. The summed E-state index contributed by atoms with van der Waals surface area (Å²) in [5.74, 6) is 0.494. The fraction of sp³-hybridized carbons (Fsp3) is 0.526. The molecule has 138 valence electrons. The van der Waals surface area contributed by atoms with Crippen LogP contribution in [0.1, 0.15) is 25.3 Å². The van der Waals surface area contributed by atoms with E-state index in [1.165, 1.54) is 17.7 Å². The lowest BCUT2D eigenvalue weighted by molar-refractivity contribution is 0.221. The van der Waals surface area contributed by atoms with Gasteiger partial charge in [-0.05, 0) is 43.9 Å². The number of rotatable bonds is 6. The van der Waals surface area contributed by atoms with E-state index < -0.39 is 0 Å². The average molecular weight is 367 g/mol. The fourth-order valence-corrected chi connectivity index (χ4v) is 3.31. The largest absolute Gasteiger partial charge is 0.356 e. The lowest BCUT2D eigenvalue weighted by atomic mass is 10.0. The number of nitrogens with zero attached hydrogens (tertiary/aromatic N) is 2. The van der Waals surface area contributed by atoms with Crippen LogP contribution in [0, 0.1) is 5.82 Å². The highest BCUT2D eigenvalue weighted by molar-refractivity contribution is 6.31. The van der Waals surface area contributed by atoms with Gasteiger partial charge in [-0.25, -0.2) is 4.39 Å². The van der Waals surface area contributed by atoms with Gasteiger partial charge in [0, 0.05) is 44.3 Å². The van der Waals surface area contributed by atoms with E-state index in [2.05, 4.69) is 34.0 Å². The number of halogens is 2. The first-order valence-electron chi connectivity index (χ1n) is 8.75.